The van der Waals surface area contributed by atoms with Crippen molar-refractivity contribution in [2.75, 3.05) is 26.2 Å². The van der Waals surface area contributed by atoms with Gasteiger partial charge in [-0.05, 0) is 57.6 Å². The fourth-order valence-corrected chi connectivity index (χ4v) is 4.58. The van der Waals surface area contributed by atoms with Gasteiger partial charge in [-0.25, -0.2) is 4.79 Å². The van der Waals surface area contributed by atoms with Crippen molar-refractivity contribution in [3.63, 3.8) is 0 Å². The van der Waals surface area contributed by atoms with Crippen LogP contribution in [0.5, 0.6) is 0 Å². The Kier molecular flexibility index (Phi) is 5.53. The molecule has 0 aromatic carbocycles. The van der Waals surface area contributed by atoms with Crippen LogP contribution in [0.2, 0.25) is 0 Å². The van der Waals surface area contributed by atoms with Gasteiger partial charge in [-0.15, -0.1) is 0 Å². The molecular formula is C21H30N4O3. The number of nitrogens with one attached hydrogen (secondary N) is 1. The summed E-state index contributed by atoms with van der Waals surface area (Å²) in [6.07, 6.45) is 7.26. The summed E-state index contributed by atoms with van der Waals surface area (Å²) >= 11 is 0. The van der Waals surface area contributed by atoms with E-state index in [-0.39, 0.29) is 23.6 Å². The number of likely N-dealkylation sites (tertiary alicyclic amines) is 1. The van der Waals surface area contributed by atoms with Crippen LogP contribution in [0.25, 0.3) is 0 Å². The van der Waals surface area contributed by atoms with Gasteiger partial charge in [0, 0.05) is 44.5 Å². The van der Waals surface area contributed by atoms with Gasteiger partial charge in [-0.3, -0.25) is 9.78 Å². The maximum atomic E-state index is 12.7. The number of aromatic nitrogens is 1. The molecule has 7 nitrogen and oxygen atoms in total. The number of hydrogen-bond donors (Lipinski definition) is 1. The Hall–Kier alpha value is -2.15. The van der Waals surface area contributed by atoms with Gasteiger partial charge in [-0.2, -0.15) is 0 Å². The summed E-state index contributed by atoms with van der Waals surface area (Å²) in [4.78, 5) is 33.4. The van der Waals surface area contributed by atoms with E-state index in [4.69, 9.17) is 4.74 Å². The number of carbonyl (C=O) groups excluding carboxylic acids is 2. The third-order valence-corrected chi connectivity index (χ3v) is 6.21. The van der Waals surface area contributed by atoms with Crippen LogP contribution in [0, 0.1) is 0 Å². The van der Waals surface area contributed by atoms with Crippen LogP contribution in [0.4, 0.5) is 4.79 Å². The minimum Gasteiger partial charge on any atom is -0.375 e. The Morgan fingerprint density at radius 2 is 2.04 bits per heavy atom. The fourth-order valence-electron chi connectivity index (χ4n) is 4.58. The first kappa shape index (κ1) is 19.2. The van der Waals surface area contributed by atoms with E-state index >= 15 is 0 Å². The number of ether oxygens (including phenoxy) is 1. The first-order valence-corrected chi connectivity index (χ1v) is 10.5. The SMILES string of the molecule is CCNC(=O)N(C1CC1)C1CCOC2(CCN(C(=O)c3ccccn3)CC2)C1. The van der Waals surface area contributed by atoms with Gasteiger partial charge in [0.15, 0.2) is 0 Å². The normalized spacial score (nSPS) is 24.0. The summed E-state index contributed by atoms with van der Waals surface area (Å²) in [6, 6.07) is 6.10. The quantitative estimate of drug-likeness (QED) is 0.862. The zero-order valence-corrected chi connectivity index (χ0v) is 16.6. The Morgan fingerprint density at radius 1 is 1.25 bits per heavy atom. The minimum atomic E-state index is -0.219. The van der Waals surface area contributed by atoms with E-state index < -0.39 is 0 Å². The number of pyridine rings is 1. The summed E-state index contributed by atoms with van der Waals surface area (Å²) in [6.45, 7) is 4.64. The molecule has 3 fully saturated rings. The summed E-state index contributed by atoms with van der Waals surface area (Å²) < 4.78 is 6.25. The first-order valence-electron chi connectivity index (χ1n) is 10.5. The van der Waals surface area contributed by atoms with Crippen molar-refractivity contribution in [1.29, 1.82) is 0 Å². The monoisotopic (exact) mass is 386 g/mol. The van der Waals surface area contributed by atoms with E-state index in [2.05, 4.69) is 15.2 Å². The van der Waals surface area contributed by atoms with Gasteiger partial charge in [0.05, 0.1) is 5.60 Å². The molecule has 1 atom stereocenters. The maximum Gasteiger partial charge on any atom is 0.317 e. The highest BCUT2D eigenvalue weighted by Crippen LogP contribution is 2.40. The molecule has 28 heavy (non-hydrogen) atoms. The third-order valence-electron chi connectivity index (χ3n) is 6.21. The second-order valence-electron chi connectivity index (χ2n) is 8.16. The van der Waals surface area contributed by atoms with Crippen LogP contribution in [0.15, 0.2) is 24.4 Å². The van der Waals surface area contributed by atoms with Crippen molar-refractivity contribution in [3.8, 4) is 0 Å². The van der Waals surface area contributed by atoms with Crippen molar-refractivity contribution >= 4 is 11.9 Å². The molecular weight excluding hydrogens is 356 g/mol. The van der Waals surface area contributed by atoms with Crippen LogP contribution in [0.1, 0.15) is 55.9 Å². The lowest BCUT2D eigenvalue weighted by Crippen LogP contribution is -2.57. The largest absolute Gasteiger partial charge is 0.375 e. The highest BCUT2D eigenvalue weighted by atomic mass is 16.5. The first-order chi connectivity index (χ1) is 13.6. The molecule has 3 heterocycles. The molecule has 1 aromatic rings. The van der Waals surface area contributed by atoms with Gasteiger partial charge in [0.2, 0.25) is 0 Å². The number of hydrogen-bond acceptors (Lipinski definition) is 4. The smallest absolute Gasteiger partial charge is 0.317 e. The van der Waals surface area contributed by atoms with Crippen LogP contribution >= 0.6 is 0 Å². The minimum absolute atomic E-state index is 0.00950. The third kappa shape index (κ3) is 3.99. The molecule has 0 radical (unpaired) electrons. The van der Waals surface area contributed by atoms with Gasteiger partial charge in [-0.1, -0.05) is 6.07 Å². The standard InChI is InChI=1S/C21H30N4O3/c1-2-22-20(27)25(16-6-7-16)17-8-14-28-21(15-17)9-12-24(13-10-21)19(26)18-5-3-4-11-23-18/h3-5,11,16-17H,2,6-10,12-15H2,1H3,(H,22,27). The highest BCUT2D eigenvalue weighted by molar-refractivity contribution is 5.92. The molecule has 4 rings (SSSR count). The number of amides is 3. The lowest BCUT2D eigenvalue weighted by Gasteiger charge is -2.48. The average molecular weight is 386 g/mol. The zero-order chi connectivity index (χ0) is 19.6. The van der Waals surface area contributed by atoms with E-state index in [0.29, 0.717) is 38.0 Å². The lowest BCUT2D eigenvalue weighted by molar-refractivity contribution is -0.126. The Morgan fingerprint density at radius 3 is 2.68 bits per heavy atom. The average Bonchev–Trinajstić information content (AvgIpc) is 3.54. The molecule has 152 valence electrons. The van der Waals surface area contributed by atoms with Crippen LogP contribution < -0.4 is 5.32 Å². The molecule has 1 unspecified atom stereocenters. The van der Waals surface area contributed by atoms with E-state index in [1.54, 1.807) is 12.3 Å². The fraction of sp³-hybridized carbons (Fsp3) is 0.667. The Balaban J connectivity index is 1.39. The van der Waals surface area contributed by atoms with Crippen molar-refractivity contribution < 1.29 is 14.3 Å². The van der Waals surface area contributed by atoms with E-state index in [1.807, 2.05) is 24.0 Å². The number of urea groups is 1. The number of rotatable bonds is 4. The molecule has 1 N–H and O–H groups in total. The summed E-state index contributed by atoms with van der Waals surface area (Å²) in [5.74, 6) is -0.00950. The van der Waals surface area contributed by atoms with E-state index in [1.165, 1.54) is 0 Å². The second kappa shape index (κ2) is 8.07. The molecule has 3 amide bonds. The summed E-state index contributed by atoms with van der Waals surface area (Å²) in [5.41, 5.74) is 0.278. The lowest BCUT2D eigenvalue weighted by atomic mass is 9.81. The molecule has 1 spiro atoms. The van der Waals surface area contributed by atoms with Gasteiger partial charge >= 0.3 is 6.03 Å². The Labute approximate surface area is 166 Å². The summed E-state index contributed by atoms with van der Waals surface area (Å²) in [7, 11) is 0. The predicted octanol–water partition coefficient (Wildman–Crippen LogP) is 2.43. The topological polar surface area (TPSA) is 74.8 Å². The van der Waals surface area contributed by atoms with Crippen LogP contribution in [-0.4, -0.2) is 70.6 Å². The zero-order valence-electron chi connectivity index (χ0n) is 16.6. The van der Waals surface area contributed by atoms with Crippen molar-refractivity contribution in [3.05, 3.63) is 30.1 Å². The molecule has 1 saturated carbocycles. The molecule has 1 aliphatic carbocycles. The molecule has 7 heteroatoms. The van der Waals surface area contributed by atoms with Gasteiger partial charge in [0.1, 0.15) is 5.69 Å². The number of nitrogens with zero attached hydrogens (tertiary/aromatic N) is 3. The number of carbonyl (C=O) groups is 2. The molecule has 3 aliphatic rings. The Bertz CT molecular complexity index is 699. The predicted molar refractivity (Wildman–Crippen MR) is 105 cm³/mol. The summed E-state index contributed by atoms with van der Waals surface area (Å²) in [5, 5.41) is 2.98. The second-order valence-corrected chi connectivity index (χ2v) is 8.16. The van der Waals surface area contributed by atoms with E-state index in [0.717, 1.165) is 38.5 Å². The molecule has 2 saturated heterocycles. The maximum absolute atomic E-state index is 12.7. The van der Waals surface area contributed by atoms with Crippen LogP contribution in [-0.2, 0) is 4.74 Å². The van der Waals surface area contributed by atoms with Crippen molar-refractivity contribution in [2.24, 2.45) is 0 Å². The van der Waals surface area contributed by atoms with Crippen molar-refractivity contribution in [2.45, 2.75) is 63.1 Å². The van der Waals surface area contributed by atoms with Gasteiger partial charge < -0.3 is 19.9 Å². The van der Waals surface area contributed by atoms with Gasteiger partial charge in [0.25, 0.3) is 5.91 Å². The molecule has 2 aliphatic heterocycles. The molecule has 0 bridgehead atoms. The van der Waals surface area contributed by atoms with E-state index in [9.17, 15) is 9.59 Å². The highest BCUT2D eigenvalue weighted by Gasteiger charge is 2.46. The number of piperidine rings is 1. The van der Waals surface area contributed by atoms with Crippen molar-refractivity contribution in [1.82, 2.24) is 20.1 Å². The molecule has 1 aromatic heterocycles. The van der Waals surface area contributed by atoms with Crippen LogP contribution in [0.3, 0.4) is 0 Å².